The van der Waals surface area contributed by atoms with E-state index >= 15 is 0 Å². The maximum Gasteiger partial charge on any atom is 0.216 e. The Hall–Kier alpha value is -0.320. The van der Waals surface area contributed by atoms with Crippen LogP contribution in [0.4, 0.5) is 0 Å². The van der Waals surface area contributed by atoms with Gasteiger partial charge in [-0.3, -0.25) is 4.79 Å². The molecule has 0 unspecified atom stereocenters. The van der Waals surface area contributed by atoms with Crippen molar-refractivity contribution in [1.82, 2.24) is 5.32 Å². The summed E-state index contributed by atoms with van der Waals surface area (Å²) >= 11 is 0. The Bertz CT molecular complexity index is 181. The fourth-order valence-electron chi connectivity index (χ4n) is 1.19. The summed E-state index contributed by atoms with van der Waals surface area (Å²) in [6.07, 6.45) is 2.28. The molecule has 98 valence electrons. The Morgan fingerprint density at radius 1 is 1.19 bits per heavy atom. The summed E-state index contributed by atoms with van der Waals surface area (Å²) in [7, 11) is 6.58. The number of nitrogens with one attached hydrogen (secondary N) is 1. The van der Waals surface area contributed by atoms with E-state index in [-0.39, 0.29) is 18.3 Å². The number of ether oxygens (including phenoxy) is 1. The van der Waals surface area contributed by atoms with Crippen molar-refractivity contribution in [3.63, 3.8) is 0 Å². The smallest absolute Gasteiger partial charge is 0.216 e. The van der Waals surface area contributed by atoms with Gasteiger partial charge in [-0.25, -0.2) is 0 Å². The first-order valence-corrected chi connectivity index (χ1v) is 5.54. The molecule has 5 heteroatoms. The van der Waals surface area contributed by atoms with Crippen molar-refractivity contribution in [1.29, 1.82) is 0 Å². The van der Waals surface area contributed by atoms with E-state index in [1.165, 1.54) is 19.9 Å². The van der Waals surface area contributed by atoms with Crippen molar-refractivity contribution < 1.29 is 26.4 Å². The number of nitrogens with zero attached hydrogens (tertiary/aromatic N) is 1. The number of hydrogen-bond donors (Lipinski definition) is 1. The number of carbonyl (C=O) groups is 1. The Labute approximate surface area is 105 Å². The molecule has 0 aliphatic heterocycles. The molecule has 0 saturated heterocycles. The molecule has 0 aliphatic carbocycles. The third-order valence-electron chi connectivity index (χ3n) is 1.99. The molecule has 1 N–H and O–H groups in total. The molecule has 0 saturated carbocycles. The lowest BCUT2D eigenvalue weighted by Gasteiger charge is -2.23. The summed E-state index contributed by atoms with van der Waals surface area (Å²) in [4.78, 5) is 10.5. The van der Waals surface area contributed by atoms with Crippen LogP contribution in [0.5, 0.6) is 0 Å². The van der Waals surface area contributed by atoms with Crippen LogP contribution in [0.2, 0.25) is 0 Å². The quantitative estimate of drug-likeness (QED) is 0.388. The van der Waals surface area contributed by atoms with E-state index in [1.54, 1.807) is 0 Å². The molecule has 0 heterocycles. The number of quaternary nitrogens is 1. The molecule has 0 aliphatic rings. The van der Waals surface area contributed by atoms with Gasteiger partial charge in [0.15, 0.2) is 0 Å². The predicted octanol–water partition coefficient (Wildman–Crippen LogP) is -2.37. The summed E-state index contributed by atoms with van der Waals surface area (Å²) in [5.41, 5.74) is 0. The lowest BCUT2D eigenvalue weighted by Crippen LogP contribution is -3.00. The molecule has 0 fully saturated rings. The molecule has 0 aromatic rings. The first-order valence-electron chi connectivity index (χ1n) is 5.54. The Balaban J connectivity index is 0. The molecule has 0 aromatic heterocycles. The zero-order valence-electron chi connectivity index (χ0n) is 10.9. The van der Waals surface area contributed by atoms with Gasteiger partial charge in [-0.1, -0.05) is 0 Å². The van der Waals surface area contributed by atoms with Gasteiger partial charge in [0.2, 0.25) is 5.91 Å². The third-order valence-corrected chi connectivity index (χ3v) is 1.99. The van der Waals surface area contributed by atoms with Crippen molar-refractivity contribution in [2.75, 3.05) is 47.4 Å². The van der Waals surface area contributed by atoms with Crippen LogP contribution in [0, 0.1) is 0 Å². The minimum atomic E-state index is 0. The van der Waals surface area contributed by atoms with E-state index < -0.39 is 0 Å². The second-order valence-corrected chi connectivity index (χ2v) is 4.82. The number of rotatable bonds is 8. The van der Waals surface area contributed by atoms with Gasteiger partial charge in [-0.05, 0) is 12.8 Å². The zero-order valence-corrected chi connectivity index (χ0v) is 11.6. The highest BCUT2D eigenvalue weighted by Gasteiger charge is 2.04. The van der Waals surface area contributed by atoms with Crippen LogP contribution in [-0.4, -0.2) is 57.8 Å². The molecule has 0 bridgehead atoms. The van der Waals surface area contributed by atoms with Crippen molar-refractivity contribution in [2.24, 2.45) is 0 Å². The van der Waals surface area contributed by atoms with Crippen molar-refractivity contribution >= 4 is 5.91 Å². The number of unbranched alkanes of at least 4 members (excludes halogenated alkanes) is 1. The fraction of sp³-hybridized carbons (Fsp3) is 0.909. The average molecular weight is 253 g/mol. The molecule has 0 aromatic carbocycles. The molecule has 0 spiro atoms. The minimum Gasteiger partial charge on any atom is -1.00 e. The Morgan fingerprint density at radius 2 is 1.81 bits per heavy atom. The van der Waals surface area contributed by atoms with E-state index in [2.05, 4.69) is 26.5 Å². The van der Waals surface area contributed by atoms with E-state index in [0.717, 1.165) is 17.5 Å². The fourth-order valence-corrected chi connectivity index (χ4v) is 1.19. The lowest BCUT2D eigenvalue weighted by atomic mass is 10.3. The molecule has 0 radical (unpaired) electrons. The maximum atomic E-state index is 10.5. The molecule has 16 heavy (non-hydrogen) atoms. The summed E-state index contributed by atoms with van der Waals surface area (Å²) in [5.74, 6) is 0.00336. The number of carbonyl (C=O) groups excluding carboxylic acids is 1. The summed E-state index contributed by atoms with van der Waals surface area (Å²) in [6.45, 7) is 4.71. The van der Waals surface area contributed by atoms with Crippen LogP contribution in [0.1, 0.15) is 19.8 Å². The van der Waals surface area contributed by atoms with Crippen LogP contribution >= 0.6 is 0 Å². The van der Waals surface area contributed by atoms with Crippen molar-refractivity contribution in [2.45, 2.75) is 19.8 Å². The predicted molar refractivity (Wildman–Crippen MR) is 61.6 cm³/mol. The summed E-state index contributed by atoms with van der Waals surface area (Å²) in [6, 6.07) is 0. The first-order chi connectivity index (χ1) is 6.92. The van der Waals surface area contributed by atoms with Crippen LogP contribution < -0.4 is 17.7 Å². The van der Waals surface area contributed by atoms with Crippen molar-refractivity contribution in [3.05, 3.63) is 0 Å². The summed E-state index contributed by atoms with van der Waals surface area (Å²) < 4.78 is 6.38. The summed E-state index contributed by atoms with van der Waals surface area (Å²) in [5, 5.41) is 2.69. The topological polar surface area (TPSA) is 38.3 Å². The standard InChI is InChI=1S/C11H24N2O2.ClH/c1-11(14)12-7-10-15-9-6-5-8-13(2,3)4;/h5-10H2,1-4H3;1H. The van der Waals surface area contributed by atoms with Gasteiger partial charge in [-0.15, -0.1) is 0 Å². The minimum absolute atomic E-state index is 0. The third kappa shape index (κ3) is 16.1. The number of hydrogen-bond acceptors (Lipinski definition) is 2. The zero-order chi connectivity index (χ0) is 11.7. The van der Waals surface area contributed by atoms with Crippen molar-refractivity contribution in [3.8, 4) is 0 Å². The average Bonchev–Trinajstić information content (AvgIpc) is 2.07. The van der Waals surface area contributed by atoms with E-state index in [1.807, 2.05) is 0 Å². The normalized spacial score (nSPS) is 10.8. The van der Waals surface area contributed by atoms with Gasteiger partial charge in [0.1, 0.15) is 0 Å². The second-order valence-electron chi connectivity index (χ2n) is 4.82. The highest BCUT2D eigenvalue weighted by Crippen LogP contribution is 1.97. The van der Waals surface area contributed by atoms with Gasteiger partial charge >= 0.3 is 0 Å². The van der Waals surface area contributed by atoms with E-state index in [9.17, 15) is 4.79 Å². The molecule has 1 amide bonds. The molecule has 4 nitrogen and oxygen atoms in total. The van der Waals surface area contributed by atoms with Crippen LogP contribution in [-0.2, 0) is 9.53 Å². The SMILES string of the molecule is CC(=O)NCCOCCCC[N+](C)(C)C.[Cl-]. The van der Waals surface area contributed by atoms with Crippen LogP contribution in [0.25, 0.3) is 0 Å². The Morgan fingerprint density at radius 3 is 2.31 bits per heavy atom. The molecule has 0 rings (SSSR count). The maximum absolute atomic E-state index is 10.5. The first kappa shape index (κ1) is 18.1. The van der Waals surface area contributed by atoms with Crippen LogP contribution in [0.15, 0.2) is 0 Å². The number of halogens is 1. The highest BCUT2D eigenvalue weighted by molar-refractivity contribution is 5.72. The second kappa shape index (κ2) is 9.87. The molecular weight excluding hydrogens is 228 g/mol. The van der Waals surface area contributed by atoms with E-state index in [4.69, 9.17) is 4.74 Å². The van der Waals surface area contributed by atoms with Gasteiger partial charge in [0, 0.05) is 20.1 Å². The van der Waals surface area contributed by atoms with Gasteiger partial charge in [0.05, 0.1) is 34.3 Å². The molecule has 0 atom stereocenters. The molecular formula is C11H25ClN2O2. The van der Waals surface area contributed by atoms with Gasteiger partial charge < -0.3 is 26.9 Å². The largest absolute Gasteiger partial charge is 1.00 e. The Kier molecular flexibility index (Phi) is 11.1. The number of amides is 1. The monoisotopic (exact) mass is 252 g/mol. The van der Waals surface area contributed by atoms with Crippen LogP contribution in [0.3, 0.4) is 0 Å². The highest BCUT2D eigenvalue weighted by atomic mass is 35.5. The lowest BCUT2D eigenvalue weighted by molar-refractivity contribution is -0.870. The van der Waals surface area contributed by atoms with Gasteiger partial charge in [-0.2, -0.15) is 0 Å². The van der Waals surface area contributed by atoms with Gasteiger partial charge in [0.25, 0.3) is 0 Å². The van der Waals surface area contributed by atoms with E-state index in [0.29, 0.717) is 13.2 Å².